The Bertz CT molecular complexity index is 3810. The average Bonchev–Trinajstić information content (AvgIpc) is 3.50. The molecule has 0 bridgehead atoms. The van der Waals surface area contributed by atoms with Crippen LogP contribution in [0.15, 0.2) is 315 Å². The lowest BCUT2D eigenvalue weighted by atomic mass is 9.94. The summed E-state index contributed by atoms with van der Waals surface area (Å²) in [4.78, 5) is 4.71. The third-order valence-electron chi connectivity index (χ3n) is 14.7. The second-order valence-corrected chi connectivity index (χ2v) is 19.3. The van der Waals surface area contributed by atoms with E-state index >= 15 is 0 Å². The topological polar surface area (TPSA) is 6.48 Å². The minimum atomic E-state index is 1.08. The monoisotopic (exact) mass is 968 g/mol. The molecule has 0 atom stereocenters. The maximum absolute atomic E-state index is 2.36. The van der Waals surface area contributed by atoms with Gasteiger partial charge in [-0.25, -0.2) is 0 Å². The Morgan fingerprint density at radius 3 is 0.697 bits per heavy atom. The van der Waals surface area contributed by atoms with Crippen molar-refractivity contribution in [2.24, 2.45) is 0 Å². The predicted octanol–water partition coefficient (Wildman–Crippen LogP) is 20.9. The van der Waals surface area contributed by atoms with Gasteiger partial charge in [0.15, 0.2) is 0 Å². The van der Waals surface area contributed by atoms with Gasteiger partial charge in [-0.3, -0.25) is 0 Å². The van der Waals surface area contributed by atoms with Gasteiger partial charge < -0.3 is 9.80 Å². The molecule has 2 nitrogen and oxygen atoms in total. The molecule has 13 rings (SSSR count). The average molecular weight is 969 g/mol. The van der Waals surface area contributed by atoms with Crippen LogP contribution in [0.2, 0.25) is 0 Å². The predicted molar refractivity (Wildman–Crippen MR) is 323 cm³/mol. The molecule has 0 aromatic heterocycles. The van der Waals surface area contributed by atoms with Gasteiger partial charge in [0, 0.05) is 34.1 Å². The van der Waals surface area contributed by atoms with Crippen molar-refractivity contribution >= 4 is 55.7 Å². The molecule has 0 spiro atoms. The van der Waals surface area contributed by atoms with Crippen LogP contribution in [0, 0.1) is 0 Å². The van der Waals surface area contributed by atoms with Crippen LogP contribution in [0.5, 0.6) is 0 Å². The zero-order valence-corrected chi connectivity index (χ0v) is 41.9. The van der Waals surface area contributed by atoms with E-state index in [1.807, 2.05) is 0 Å². The lowest BCUT2D eigenvalue weighted by Crippen LogP contribution is -2.10. The van der Waals surface area contributed by atoms with E-state index in [-0.39, 0.29) is 0 Å². The Morgan fingerprint density at radius 2 is 0.368 bits per heavy atom. The van der Waals surface area contributed by atoms with E-state index in [1.54, 1.807) is 0 Å². The molecule has 358 valence electrons. The number of hydrogen-bond acceptors (Lipinski definition) is 2. The normalized spacial score (nSPS) is 11.2. The van der Waals surface area contributed by atoms with Crippen molar-refractivity contribution in [2.45, 2.75) is 0 Å². The van der Waals surface area contributed by atoms with Gasteiger partial charge in [-0.15, -0.1) is 0 Å². The molecule has 0 fully saturated rings. The van der Waals surface area contributed by atoms with E-state index in [0.717, 1.165) is 45.3 Å². The number of hydrogen-bond donors (Lipinski definition) is 0. The summed E-state index contributed by atoms with van der Waals surface area (Å²) >= 11 is 0. The zero-order chi connectivity index (χ0) is 50.6. The summed E-state index contributed by atoms with van der Waals surface area (Å²) in [6, 6.07) is 114. The van der Waals surface area contributed by atoms with Crippen LogP contribution in [0.3, 0.4) is 0 Å². The molecular formula is C74H52N2. The summed E-state index contributed by atoms with van der Waals surface area (Å²) in [5.41, 5.74) is 20.8. The molecule has 0 amide bonds. The fraction of sp³-hybridized carbons (Fsp3) is 0. The molecule has 0 aliphatic rings. The summed E-state index contributed by atoms with van der Waals surface area (Å²) in [5.74, 6) is 0. The number of rotatable bonds is 12. The Balaban J connectivity index is 0.827. The Morgan fingerprint density at radius 1 is 0.145 bits per heavy atom. The number of nitrogens with zero attached hydrogens (tertiary/aromatic N) is 2. The van der Waals surface area contributed by atoms with Crippen LogP contribution in [0.25, 0.3) is 88.3 Å². The second-order valence-electron chi connectivity index (χ2n) is 19.3. The highest BCUT2D eigenvalue weighted by Crippen LogP contribution is 2.42. The van der Waals surface area contributed by atoms with Crippen molar-refractivity contribution in [1.82, 2.24) is 0 Å². The Hall–Kier alpha value is -10.0. The molecule has 13 aromatic carbocycles. The minimum Gasteiger partial charge on any atom is -0.311 e. The molecule has 0 N–H and O–H groups in total. The summed E-state index contributed by atoms with van der Waals surface area (Å²) in [5, 5.41) is 4.99. The maximum atomic E-state index is 2.36. The molecular weight excluding hydrogens is 917 g/mol. The van der Waals surface area contributed by atoms with Crippen molar-refractivity contribution in [3.63, 3.8) is 0 Å². The fourth-order valence-electron chi connectivity index (χ4n) is 10.9. The molecule has 13 aromatic rings. The fourth-order valence-corrected chi connectivity index (χ4v) is 10.9. The number of anilines is 6. The molecule has 0 aliphatic carbocycles. The van der Waals surface area contributed by atoms with Gasteiger partial charge in [-0.05, 0) is 161 Å². The first kappa shape index (κ1) is 45.8. The molecule has 0 saturated heterocycles. The van der Waals surface area contributed by atoms with Gasteiger partial charge in [-0.2, -0.15) is 0 Å². The maximum Gasteiger partial charge on any atom is 0.0462 e. The lowest BCUT2D eigenvalue weighted by molar-refractivity contribution is 1.28. The third kappa shape index (κ3) is 9.10. The molecule has 0 radical (unpaired) electrons. The summed E-state index contributed by atoms with van der Waals surface area (Å²) in [7, 11) is 0. The molecule has 2 heteroatoms. The van der Waals surface area contributed by atoms with Crippen LogP contribution < -0.4 is 9.80 Å². The van der Waals surface area contributed by atoms with E-state index in [9.17, 15) is 0 Å². The van der Waals surface area contributed by atoms with E-state index in [1.165, 1.54) is 77.2 Å². The van der Waals surface area contributed by atoms with Gasteiger partial charge in [0.1, 0.15) is 0 Å². The van der Waals surface area contributed by atoms with E-state index < -0.39 is 0 Å². The number of benzene rings is 13. The third-order valence-corrected chi connectivity index (χ3v) is 14.7. The highest BCUT2D eigenvalue weighted by molar-refractivity contribution is 5.98. The molecule has 0 saturated carbocycles. The van der Waals surface area contributed by atoms with Crippen molar-refractivity contribution in [3.05, 3.63) is 315 Å². The van der Waals surface area contributed by atoms with Gasteiger partial charge >= 0.3 is 0 Å². The van der Waals surface area contributed by atoms with Gasteiger partial charge in [0.25, 0.3) is 0 Å². The highest BCUT2D eigenvalue weighted by atomic mass is 15.1. The largest absolute Gasteiger partial charge is 0.311 e. The summed E-state index contributed by atoms with van der Waals surface area (Å²) in [6.07, 6.45) is 0. The standard InChI is InChI=1S/C74H52N2/c1-3-15-53(16-4-1)55-29-41-63(42-30-55)75(67-49-37-61(38-50-67)73-27-13-21-57-19-7-9-23-69(57)73)65-45-33-59(34-46-65)71-25-11-12-26-72(71)60-35-47-66(48-36-60)76(64-43-31-56(32-44-64)54-17-5-2-6-18-54)68-51-39-62(40-52-68)74-28-14-22-58-20-8-10-24-70(58)74/h1-52H. The molecule has 0 unspecified atom stereocenters. The van der Waals surface area contributed by atoms with E-state index in [0.29, 0.717) is 0 Å². The first-order valence-corrected chi connectivity index (χ1v) is 26.1. The van der Waals surface area contributed by atoms with Crippen LogP contribution >= 0.6 is 0 Å². The van der Waals surface area contributed by atoms with Gasteiger partial charge in [0.05, 0.1) is 0 Å². The number of fused-ring (bicyclic) bond motifs is 2. The first-order valence-electron chi connectivity index (χ1n) is 26.1. The van der Waals surface area contributed by atoms with Gasteiger partial charge in [-0.1, -0.05) is 243 Å². The summed E-state index contributed by atoms with van der Waals surface area (Å²) in [6.45, 7) is 0. The minimum absolute atomic E-state index is 1.08. The first-order chi connectivity index (χ1) is 37.7. The second kappa shape index (κ2) is 20.5. The lowest BCUT2D eigenvalue weighted by Gasteiger charge is -2.26. The quantitative estimate of drug-likeness (QED) is 0.120. The van der Waals surface area contributed by atoms with Crippen molar-refractivity contribution in [1.29, 1.82) is 0 Å². The van der Waals surface area contributed by atoms with Gasteiger partial charge in [0.2, 0.25) is 0 Å². The Labute approximate surface area is 445 Å². The molecule has 0 aliphatic heterocycles. The molecule has 76 heavy (non-hydrogen) atoms. The van der Waals surface area contributed by atoms with E-state index in [4.69, 9.17) is 0 Å². The van der Waals surface area contributed by atoms with Crippen LogP contribution in [0.1, 0.15) is 0 Å². The van der Waals surface area contributed by atoms with Crippen molar-refractivity contribution < 1.29 is 0 Å². The van der Waals surface area contributed by atoms with E-state index in [2.05, 4.69) is 325 Å². The van der Waals surface area contributed by atoms with Crippen molar-refractivity contribution in [2.75, 3.05) is 9.80 Å². The SMILES string of the molecule is c1ccc(-c2ccc(N(c3ccc(-c4ccccc4-c4ccc(N(c5ccc(-c6ccccc6)cc5)c5ccc(-c6cccc7ccccc67)cc5)cc4)cc3)c3ccc(-c4cccc5ccccc45)cc3)cc2)cc1. The van der Waals surface area contributed by atoms with Crippen LogP contribution in [0.4, 0.5) is 34.1 Å². The Kier molecular flexibility index (Phi) is 12.3. The van der Waals surface area contributed by atoms with Crippen LogP contribution in [-0.2, 0) is 0 Å². The zero-order valence-electron chi connectivity index (χ0n) is 41.9. The summed E-state index contributed by atoms with van der Waals surface area (Å²) < 4.78 is 0. The van der Waals surface area contributed by atoms with Crippen molar-refractivity contribution in [3.8, 4) is 66.8 Å². The smallest absolute Gasteiger partial charge is 0.0462 e. The van der Waals surface area contributed by atoms with Crippen LogP contribution in [-0.4, -0.2) is 0 Å². The molecule has 0 heterocycles. The highest BCUT2D eigenvalue weighted by Gasteiger charge is 2.18.